The molecule has 0 radical (unpaired) electrons. The number of hydrogen-bond donors (Lipinski definition) is 2. The Morgan fingerprint density at radius 1 is 1.34 bits per heavy atom. The van der Waals surface area contributed by atoms with Crippen molar-refractivity contribution in [3.8, 4) is 10.7 Å². The van der Waals surface area contributed by atoms with Gasteiger partial charge < -0.3 is 9.88 Å². The number of para-hydroxylation sites is 1. The summed E-state index contributed by atoms with van der Waals surface area (Å²) in [6.45, 7) is 8.42. The van der Waals surface area contributed by atoms with Crippen molar-refractivity contribution in [3.05, 3.63) is 59.1 Å². The highest BCUT2D eigenvalue weighted by Gasteiger charge is 2.18. The first kappa shape index (κ1) is 19.3. The molecule has 4 rings (SSSR count). The van der Waals surface area contributed by atoms with Crippen LogP contribution in [-0.4, -0.2) is 30.2 Å². The standard InChI is InChI=1S/C20H20N6OS2/c1-4-9-25-18(23-24-20(25)28)17-13(3)21-19(29-17)22-16(27)11-26-12(2)10-14-7-5-6-8-15(14)26/h4-8,10H,1,9,11H2,2-3H3,(H,24,28)(H,21,22,27). The van der Waals surface area contributed by atoms with Crippen molar-refractivity contribution in [1.82, 2.24) is 24.3 Å². The van der Waals surface area contributed by atoms with Crippen LogP contribution in [0.1, 0.15) is 11.4 Å². The van der Waals surface area contributed by atoms with E-state index in [-0.39, 0.29) is 12.5 Å². The van der Waals surface area contributed by atoms with Gasteiger partial charge in [-0.25, -0.2) is 4.98 Å². The highest BCUT2D eigenvalue weighted by atomic mass is 32.1. The SMILES string of the molecule is C=CCn1c(-c2sc(NC(=O)Cn3c(C)cc4ccccc43)nc2C)n[nH]c1=S. The summed E-state index contributed by atoms with van der Waals surface area (Å²) in [7, 11) is 0. The van der Waals surface area contributed by atoms with Gasteiger partial charge in [0, 0.05) is 17.8 Å². The molecule has 29 heavy (non-hydrogen) atoms. The average Bonchev–Trinajstić information content (AvgIpc) is 3.32. The molecule has 9 heteroatoms. The normalized spacial score (nSPS) is 11.1. The van der Waals surface area contributed by atoms with Gasteiger partial charge in [0.25, 0.3) is 0 Å². The van der Waals surface area contributed by atoms with E-state index in [4.69, 9.17) is 12.2 Å². The van der Waals surface area contributed by atoms with Gasteiger partial charge in [0.05, 0.1) is 10.6 Å². The maximum absolute atomic E-state index is 12.7. The molecule has 0 aliphatic carbocycles. The second-order valence-corrected chi connectivity index (χ2v) is 8.05. The van der Waals surface area contributed by atoms with Crippen LogP contribution in [0.4, 0.5) is 5.13 Å². The number of fused-ring (bicyclic) bond motifs is 1. The second kappa shape index (κ2) is 7.76. The van der Waals surface area contributed by atoms with E-state index in [0.717, 1.165) is 27.2 Å². The zero-order valence-electron chi connectivity index (χ0n) is 16.1. The molecular weight excluding hydrogens is 404 g/mol. The molecule has 148 valence electrons. The Morgan fingerprint density at radius 3 is 2.93 bits per heavy atom. The minimum absolute atomic E-state index is 0.125. The second-order valence-electron chi connectivity index (χ2n) is 6.66. The zero-order valence-corrected chi connectivity index (χ0v) is 17.7. The van der Waals surface area contributed by atoms with Crippen LogP contribution in [0.5, 0.6) is 0 Å². The number of nitrogens with zero attached hydrogens (tertiary/aromatic N) is 4. The highest BCUT2D eigenvalue weighted by Crippen LogP contribution is 2.31. The molecule has 0 saturated heterocycles. The zero-order chi connectivity index (χ0) is 20.5. The van der Waals surface area contributed by atoms with Crippen molar-refractivity contribution >= 4 is 45.5 Å². The van der Waals surface area contributed by atoms with Gasteiger partial charge in [0.2, 0.25) is 5.91 Å². The average molecular weight is 425 g/mol. The van der Waals surface area contributed by atoms with E-state index in [1.54, 1.807) is 6.08 Å². The van der Waals surface area contributed by atoms with Gasteiger partial charge in [-0.2, -0.15) is 5.10 Å². The third-order valence-corrected chi connectivity index (χ3v) is 6.02. The lowest BCUT2D eigenvalue weighted by molar-refractivity contribution is -0.116. The molecule has 1 amide bonds. The Kier molecular flexibility index (Phi) is 5.16. The highest BCUT2D eigenvalue weighted by molar-refractivity contribution is 7.71. The fourth-order valence-corrected chi connectivity index (χ4v) is 4.50. The van der Waals surface area contributed by atoms with Crippen molar-refractivity contribution < 1.29 is 4.79 Å². The fraction of sp³-hybridized carbons (Fsp3) is 0.200. The van der Waals surface area contributed by atoms with E-state index in [1.807, 2.05) is 47.2 Å². The molecule has 7 nitrogen and oxygen atoms in total. The summed E-state index contributed by atoms with van der Waals surface area (Å²) in [5.74, 6) is 0.567. The molecule has 0 unspecified atom stereocenters. The summed E-state index contributed by atoms with van der Waals surface area (Å²) < 4.78 is 4.37. The molecule has 1 aromatic carbocycles. The van der Waals surface area contributed by atoms with E-state index in [0.29, 0.717) is 22.3 Å². The first-order valence-electron chi connectivity index (χ1n) is 9.06. The number of anilines is 1. The predicted molar refractivity (Wildman–Crippen MR) is 119 cm³/mol. The third-order valence-electron chi connectivity index (χ3n) is 4.64. The van der Waals surface area contributed by atoms with Crippen LogP contribution in [0, 0.1) is 18.6 Å². The summed E-state index contributed by atoms with van der Waals surface area (Å²) in [6.07, 6.45) is 1.76. The van der Waals surface area contributed by atoms with Gasteiger partial charge in [-0.1, -0.05) is 35.6 Å². The van der Waals surface area contributed by atoms with Crippen LogP contribution in [0.3, 0.4) is 0 Å². The molecule has 0 aliphatic heterocycles. The molecule has 0 spiro atoms. The van der Waals surface area contributed by atoms with Gasteiger partial charge in [-0.15, -0.1) is 6.58 Å². The number of nitrogens with one attached hydrogen (secondary N) is 2. The molecular formula is C20H20N6OS2. The Labute approximate surface area is 176 Å². The number of hydrogen-bond acceptors (Lipinski definition) is 5. The Morgan fingerprint density at radius 2 is 2.14 bits per heavy atom. The fourth-order valence-electron chi connectivity index (χ4n) is 3.31. The van der Waals surface area contributed by atoms with E-state index in [1.165, 1.54) is 11.3 Å². The Bertz CT molecular complexity index is 1280. The van der Waals surface area contributed by atoms with Crippen LogP contribution >= 0.6 is 23.6 Å². The van der Waals surface area contributed by atoms with Crippen LogP contribution in [0.2, 0.25) is 0 Å². The summed E-state index contributed by atoms with van der Waals surface area (Å²) in [6, 6.07) is 10.1. The summed E-state index contributed by atoms with van der Waals surface area (Å²) in [4.78, 5) is 18.0. The molecule has 0 saturated carbocycles. The van der Waals surface area contributed by atoms with Crippen molar-refractivity contribution in [3.63, 3.8) is 0 Å². The number of H-pyrrole nitrogens is 1. The number of aryl methyl sites for hydroxylation is 2. The smallest absolute Gasteiger partial charge is 0.246 e. The quantitative estimate of drug-likeness (QED) is 0.354. The van der Waals surface area contributed by atoms with Crippen molar-refractivity contribution in [2.24, 2.45) is 0 Å². The predicted octanol–water partition coefficient (Wildman–Crippen LogP) is 4.46. The topological polar surface area (TPSA) is 80.5 Å². The molecule has 3 heterocycles. The number of rotatable bonds is 6. The monoisotopic (exact) mass is 424 g/mol. The van der Waals surface area contributed by atoms with Crippen LogP contribution in [0.15, 0.2) is 43.0 Å². The summed E-state index contributed by atoms with van der Waals surface area (Å²) in [5.41, 5.74) is 2.86. The maximum Gasteiger partial charge on any atom is 0.246 e. The first-order valence-corrected chi connectivity index (χ1v) is 10.3. The van der Waals surface area contributed by atoms with Crippen molar-refractivity contribution in [2.45, 2.75) is 26.9 Å². The lowest BCUT2D eigenvalue weighted by Gasteiger charge is -2.07. The minimum atomic E-state index is -0.125. The summed E-state index contributed by atoms with van der Waals surface area (Å²) in [5, 5.41) is 11.7. The molecule has 4 aromatic rings. The molecule has 3 aromatic heterocycles. The number of benzene rings is 1. The van der Waals surface area contributed by atoms with Gasteiger partial charge in [-0.3, -0.25) is 14.5 Å². The van der Waals surface area contributed by atoms with Crippen molar-refractivity contribution in [1.29, 1.82) is 0 Å². The number of thiazole rings is 1. The lowest BCUT2D eigenvalue weighted by atomic mass is 10.2. The molecule has 0 aliphatic rings. The van der Waals surface area contributed by atoms with E-state index < -0.39 is 0 Å². The Balaban J connectivity index is 1.57. The van der Waals surface area contributed by atoms with Crippen molar-refractivity contribution in [2.75, 3.05) is 5.32 Å². The van der Waals surface area contributed by atoms with E-state index in [2.05, 4.69) is 33.1 Å². The minimum Gasteiger partial charge on any atom is -0.335 e. The number of amides is 1. The molecule has 0 atom stereocenters. The molecule has 0 bridgehead atoms. The van der Waals surface area contributed by atoms with Gasteiger partial charge in [0.15, 0.2) is 15.7 Å². The van der Waals surface area contributed by atoms with Gasteiger partial charge >= 0.3 is 0 Å². The number of allylic oxidation sites excluding steroid dienone is 1. The maximum atomic E-state index is 12.7. The van der Waals surface area contributed by atoms with Gasteiger partial charge in [-0.05, 0) is 43.6 Å². The van der Waals surface area contributed by atoms with Crippen LogP contribution in [0.25, 0.3) is 21.6 Å². The Hall–Kier alpha value is -3.04. The number of carbonyl (C=O) groups is 1. The number of aromatic nitrogens is 5. The van der Waals surface area contributed by atoms with E-state index in [9.17, 15) is 4.79 Å². The molecule has 0 fully saturated rings. The lowest BCUT2D eigenvalue weighted by Crippen LogP contribution is -2.19. The summed E-state index contributed by atoms with van der Waals surface area (Å²) >= 11 is 6.66. The largest absolute Gasteiger partial charge is 0.335 e. The number of carbonyl (C=O) groups excluding carboxylic acids is 1. The third kappa shape index (κ3) is 3.66. The van der Waals surface area contributed by atoms with Crippen LogP contribution < -0.4 is 5.32 Å². The van der Waals surface area contributed by atoms with Crippen LogP contribution in [-0.2, 0) is 17.9 Å². The first-order chi connectivity index (χ1) is 14.0. The van der Waals surface area contributed by atoms with E-state index >= 15 is 0 Å². The number of aromatic amines is 1. The van der Waals surface area contributed by atoms with Gasteiger partial charge in [0.1, 0.15) is 6.54 Å². The molecule has 2 N–H and O–H groups in total.